The SMILES string of the molecule is COc1ccc2cc(-c3ccc(Cn4cnc5ccccc54)cc3)ccc2c1. The summed E-state index contributed by atoms with van der Waals surface area (Å²) >= 11 is 0. The molecule has 1 heterocycles. The molecule has 0 aliphatic heterocycles. The predicted octanol–water partition coefficient (Wildman–Crippen LogP) is 5.91. The molecule has 0 spiro atoms. The second-order valence-corrected chi connectivity index (χ2v) is 6.99. The normalized spacial score (nSPS) is 11.2. The van der Waals surface area contributed by atoms with Crippen LogP contribution in [0.25, 0.3) is 32.9 Å². The molecule has 3 heteroatoms. The topological polar surface area (TPSA) is 27.1 Å². The van der Waals surface area contributed by atoms with Gasteiger partial charge < -0.3 is 9.30 Å². The summed E-state index contributed by atoms with van der Waals surface area (Å²) < 4.78 is 7.50. The first-order valence-corrected chi connectivity index (χ1v) is 9.37. The summed E-state index contributed by atoms with van der Waals surface area (Å²) in [5, 5.41) is 2.40. The Labute approximate surface area is 163 Å². The minimum Gasteiger partial charge on any atom is -0.497 e. The molecule has 5 rings (SSSR count). The zero-order chi connectivity index (χ0) is 18.9. The van der Waals surface area contributed by atoms with Crippen LogP contribution in [0.3, 0.4) is 0 Å². The second kappa shape index (κ2) is 6.86. The fourth-order valence-corrected chi connectivity index (χ4v) is 3.67. The molecule has 5 aromatic rings. The van der Waals surface area contributed by atoms with Crippen LogP contribution in [0.15, 0.2) is 91.3 Å². The van der Waals surface area contributed by atoms with Gasteiger partial charge in [-0.05, 0) is 57.8 Å². The zero-order valence-corrected chi connectivity index (χ0v) is 15.7. The van der Waals surface area contributed by atoms with Gasteiger partial charge in [0.15, 0.2) is 0 Å². The number of para-hydroxylation sites is 2. The van der Waals surface area contributed by atoms with Crippen molar-refractivity contribution >= 4 is 21.8 Å². The van der Waals surface area contributed by atoms with Gasteiger partial charge in [-0.25, -0.2) is 4.98 Å². The molecule has 28 heavy (non-hydrogen) atoms. The number of aromatic nitrogens is 2. The van der Waals surface area contributed by atoms with Gasteiger partial charge in [-0.2, -0.15) is 0 Å². The number of rotatable bonds is 4. The van der Waals surface area contributed by atoms with Crippen LogP contribution in [0.5, 0.6) is 5.75 Å². The van der Waals surface area contributed by atoms with Crippen molar-refractivity contribution in [1.29, 1.82) is 0 Å². The van der Waals surface area contributed by atoms with Crippen molar-refractivity contribution < 1.29 is 4.74 Å². The molecular formula is C25H20N2O. The number of ether oxygens (including phenoxy) is 1. The van der Waals surface area contributed by atoms with Gasteiger partial charge in [0.05, 0.1) is 24.5 Å². The van der Waals surface area contributed by atoms with Gasteiger partial charge in [-0.15, -0.1) is 0 Å². The maximum absolute atomic E-state index is 5.31. The lowest BCUT2D eigenvalue weighted by Crippen LogP contribution is -1.97. The quantitative estimate of drug-likeness (QED) is 0.396. The smallest absolute Gasteiger partial charge is 0.119 e. The summed E-state index contributed by atoms with van der Waals surface area (Å²) in [4.78, 5) is 4.48. The molecule has 0 saturated carbocycles. The second-order valence-electron chi connectivity index (χ2n) is 6.99. The van der Waals surface area contributed by atoms with Gasteiger partial charge in [-0.3, -0.25) is 0 Å². The summed E-state index contributed by atoms with van der Waals surface area (Å²) in [7, 11) is 1.70. The van der Waals surface area contributed by atoms with Crippen LogP contribution >= 0.6 is 0 Å². The summed E-state index contributed by atoms with van der Waals surface area (Å²) in [6, 6.07) is 29.7. The van der Waals surface area contributed by atoms with Crippen molar-refractivity contribution in [2.75, 3.05) is 7.11 Å². The Bertz CT molecular complexity index is 1270. The van der Waals surface area contributed by atoms with Crippen molar-refractivity contribution in [3.05, 3.63) is 96.8 Å². The number of benzene rings is 4. The van der Waals surface area contributed by atoms with E-state index < -0.39 is 0 Å². The maximum Gasteiger partial charge on any atom is 0.119 e. The van der Waals surface area contributed by atoms with Crippen LogP contribution in [-0.2, 0) is 6.54 Å². The largest absolute Gasteiger partial charge is 0.497 e. The zero-order valence-electron chi connectivity index (χ0n) is 15.7. The maximum atomic E-state index is 5.31. The lowest BCUT2D eigenvalue weighted by molar-refractivity contribution is 0.415. The first-order valence-electron chi connectivity index (χ1n) is 9.37. The van der Waals surface area contributed by atoms with E-state index in [1.54, 1.807) is 7.11 Å². The molecule has 3 nitrogen and oxygen atoms in total. The standard InChI is InChI=1S/C25H20N2O/c1-28-23-13-12-21-14-20(10-11-22(21)15-23)19-8-6-18(7-9-19)16-27-17-26-24-4-2-3-5-25(24)27/h2-15,17H,16H2,1H3. The number of hydrogen-bond acceptors (Lipinski definition) is 2. The highest BCUT2D eigenvalue weighted by molar-refractivity contribution is 5.88. The fourth-order valence-electron chi connectivity index (χ4n) is 3.67. The summed E-state index contributed by atoms with van der Waals surface area (Å²) in [6.45, 7) is 0.818. The Hall–Kier alpha value is -3.59. The number of fused-ring (bicyclic) bond motifs is 2. The summed E-state index contributed by atoms with van der Waals surface area (Å²) in [6.07, 6.45) is 1.91. The van der Waals surface area contributed by atoms with E-state index in [2.05, 4.69) is 76.3 Å². The number of hydrogen-bond donors (Lipinski definition) is 0. The molecule has 0 unspecified atom stereocenters. The van der Waals surface area contributed by atoms with E-state index in [1.807, 2.05) is 24.5 Å². The molecule has 0 radical (unpaired) electrons. The first kappa shape index (κ1) is 16.6. The molecule has 0 atom stereocenters. The first-order chi connectivity index (χ1) is 13.8. The van der Waals surface area contributed by atoms with Gasteiger partial charge in [0, 0.05) is 6.54 Å². The van der Waals surface area contributed by atoms with E-state index in [9.17, 15) is 0 Å². The minimum atomic E-state index is 0.818. The van der Waals surface area contributed by atoms with Gasteiger partial charge >= 0.3 is 0 Å². The Morgan fingerprint density at radius 3 is 2.39 bits per heavy atom. The van der Waals surface area contributed by atoms with Crippen LogP contribution < -0.4 is 4.74 Å². The Kier molecular flexibility index (Phi) is 4.06. The predicted molar refractivity (Wildman–Crippen MR) is 115 cm³/mol. The molecule has 0 fully saturated rings. The molecule has 136 valence electrons. The van der Waals surface area contributed by atoms with Crippen LogP contribution in [0.2, 0.25) is 0 Å². The highest BCUT2D eigenvalue weighted by Gasteiger charge is 2.04. The molecule has 0 amide bonds. The lowest BCUT2D eigenvalue weighted by atomic mass is 10.00. The van der Waals surface area contributed by atoms with Crippen molar-refractivity contribution in [1.82, 2.24) is 9.55 Å². The fraction of sp³-hybridized carbons (Fsp3) is 0.0800. The van der Waals surface area contributed by atoms with Crippen molar-refractivity contribution in [3.8, 4) is 16.9 Å². The van der Waals surface area contributed by atoms with E-state index in [4.69, 9.17) is 4.74 Å². The Balaban J connectivity index is 1.42. The Morgan fingerprint density at radius 2 is 1.54 bits per heavy atom. The molecule has 0 N–H and O–H groups in total. The van der Waals surface area contributed by atoms with E-state index >= 15 is 0 Å². The van der Waals surface area contributed by atoms with Crippen LogP contribution in [0.1, 0.15) is 5.56 Å². The highest BCUT2D eigenvalue weighted by atomic mass is 16.5. The van der Waals surface area contributed by atoms with Gasteiger partial charge in [0.2, 0.25) is 0 Å². The van der Waals surface area contributed by atoms with Crippen molar-refractivity contribution in [3.63, 3.8) is 0 Å². The van der Waals surface area contributed by atoms with E-state index in [-0.39, 0.29) is 0 Å². The van der Waals surface area contributed by atoms with E-state index in [0.717, 1.165) is 23.3 Å². The van der Waals surface area contributed by atoms with Crippen molar-refractivity contribution in [2.45, 2.75) is 6.54 Å². The van der Waals surface area contributed by atoms with Crippen molar-refractivity contribution in [2.24, 2.45) is 0 Å². The average Bonchev–Trinajstić information content (AvgIpc) is 3.16. The number of methoxy groups -OCH3 is 1. The van der Waals surface area contributed by atoms with Crippen LogP contribution in [0.4, 0.5) is 0 Å². The average molecular weight is 364 g/mol. The summed E-state index contributed by atoms with van der Waals surface area (Å²) in [5.74, 6) is 0.886. The van der Waals surface area contributed by atoms with Gasteiger partial charge in [0.1, 0.15) is 5.75 Å². The molecule has 0 saturated heterocycles. The number of nitrogens with zero attached hydrogens (tertiary/aromatic N) is 2. The molecule has 0 bridgehead atoms. The van der Waals surface area contributed by atoms with Crippen LogP contribution in [0, 0.1) is 0 Å². The molecule has 0 aliphatic carbocycles. The molecule has 1 aromatic heterocycles. The molecule has 4 aromatic carbocycles. The number of imidazole rings is 1. The third-order valence-electron chi connectivity index (χ3n) is 5.21. The molecular weight excluding hydrogens is 344 g/mol. The van der Waals surface area contributed by atoms with E-state index in [0.29, 0.717) is 0 Å². The summed E-state index contributed by atoms with van der Waals surface area (Å²) in [5.41, 5.74) is 5.90. The Morgan fingerprint density at radius 1 is 0.786 bits per heavy atom. The monoisotopic (exact) mass is 364 g/mol. The lowest BCUT2D eigenvalue weighted by Gasteiger charge is -2.08. The van der Waals surface area contributed by atoms with E-state index in [1.165, 1.54) is 27.5 Å². The van der Waals surface area contributed by atoms with Gasteiger partial charge in [-0.1, -0.05) is 54.6 Å². The third-order valence-corrected chi connectivity index (χ3v) is 5.21. The molecule has 0 aliphatic rings. The van der Waals surface area contributed by atoms with Crippen LogP contribution in [-0.4, -0.2) is 16.7 Å². The highest BCUT2D eigenvalue weighted by Crippen LogP contribution is 2.27. The third kappa shape index (κ3) is 3.01. The minimum absolute atomic E-state index is 0.818. The van der Waals surface area contributed by atoms with Gasteiger partial charge in [0.25, 0.3) is 0 Å².